The van der Waals surface area contributed by atoms with Gasteiger partial charge in [0.15, 0.2) is 11.3 Å². The van der Waals surface area contributed by atoms with Crippen molar-refractivity contribution < 1.29 is 9.90 Å². The van der Waals surface area contributed by atoms with E-state index in [1.54, 1.807) is 34.8 Å². The number of carboxylic acid groups (broad SMARTS) is 1. The molecule has 2 aromatic heterocycles. The number of aliphatic carboxylic acids is 1. The highest BCUT2D eigenvalue weighted by atomic mass is 35.5. The maximum atomic E-state index is 12.8. The van der Waals surface area contributed by atoms with Crippen LogP contribution in [0, 0.1) is 5.92 Å². The van der Waals surface area contributed by atoms with Crippen molar-refractivity contribution in [2.75, 3.05) is 0 Å². The number of fused-ring (bicyclic) bond motifs is 3. The monoisotopic (exact) mass is 420 g/mol. The highest BCUT2D eigenvalue weighted by Gasteiger charge is 2.33. The van der Waals surface area contributed by atoms with E-state index in [4.69, 9.17) is 16.6 Å². The Morgan fingerprint density at radius 1 is 1.10 bits per heavy atom. The number of aromatic nitrogens is 4. The van der Waals surface area contributed by atoms with Crippen LogP contribution in [0.3, 0.4) is 0 Å². The highest BCUT2D eigenvalue weighted by Crippen LogP contribution is 2.38. The van der Waals surface area contributed by atoms with Crippen molar-refractivity contribution in [2.24, 2.45) is 5.92 Å². The van der Waals surface area contributed by atoms with E-state index in [-0.39, 0.29) is 11.6 Å². The summed E-state index contributed by atoms with van der Waals surface area (Å²) in [5.41, 5.74) is 1.48. The van der Waals surface area contributed by atoms with Crippen LogP contribution in [0.5, 0.6) is 0 Å². The summed E-state index contributed by atoms with van der Waals surface area (Å²) in [5.74, 6) is -0.673. The summed E-state index contributed by atoms with van der Waals surface area (Å²) >= 11 is 6.18. The van der Waals surface area contributed by atoms with Crippen LogP contribution in [-0.2, 0) is 4.79 Å². The van der Waals surface area contributed by atoms with Gasteiger partial charge in [0, 0.05) is 21.9 Å². The Kier molecular flexibility index (Phi) is 4.47. The lowest BCUT2D eigenvalue weighted by molar-refractivity contribution is -0.141. The Hall–Kier alpha value is -3.32. The van der Waals surface area contributed by atoms with Gasteiger partial charge >= 0.3 is 5.97 Å². The molecule has 1 fully saturated rings. The first-order valence-electron chi connectivity index (χ1n) is 9.70. The molecule has 0 bridgehead atoms. The lowest BCUT2D eigenvalue weighted by Gasteiger charge is -2.15. The molecule has 2 atom stereocenters. The van der Waals surface area contributed by atoms with Crippen molar-refractivity contribution in [3.8, 4) is 11.3 Å². The van der Waals surface area contributed by atoms with E-state index in [9.17, 15) is 14.7 Å². The summed E-state index contributed by atoms with van der Waals surface area (Å²) in [5, 5.41) is 15.2. The zero-order valence-corrected chi connectivity index (χ0v) is 16.6. The summed E-state index contributed by atoms with van der Waals surface area (Å²) in [7, 11) is 0. The minimum Gasteiger partial charge on any atom is -0.481 e. The van der Waals surface area contributed by atoms with Crippen LogP contribution < -0.4 is 5.56 Å². The van der Waals surface area contributed by atoms with Gasteiger partial charge in [-0.3, -0.25) is 9.59 Å². The number of hydrogen-bond donors (Lipinski definition) is 1. The first-order valence-corrected chi connectivity index (χ1v) is 10.1. The Balaban J connectivity index is 1.80. The van der Waals surface area contributed by atoms with Crippen LogP contribution >= 0.6 is 11.6 Å². The molecule has 8 heteroatoms. The van der Waals surface area contributed by atoms with E-state index in [2.05, 4.69) is 10.1 Å². The van der Waals surface area contributed by atoms with Gasteiger partial charge in [0.1, 0.15) is 5.82 Å². The molecule has 1 N–H and O–H groups in total. The second-order valence-corrected chi connectivity index (χ2v) is 7.98. The maximum Gasteiger partial charge on any atom is 0.306 e. The average molecular weight is 421 g/mol. The molecule has 7 nitrogen and oxygen atoms in total. The van der Waals surface area contributed by atoms with Crippen molar-refractivity contribution in [3.63, 3.8) is 0 Å². The molecule has 1 aliphatic rings. The molecule has 2 unspecified atom stereocenters. The molecular formula is C22H17ClN4O3. The van der Waals surface area contributed by atoms with Crippen molar-refractivity contribution in [3.05, 3.63) is 69.7 Å². The van der Waals surface area contributed by atoms with Gasteiger partial charge < -0.3 is 5.11 Å². The standard InChI is InChI=1S/C22H17ClN4O3/c23-15-8-9-17-16(11-15)20-25-21(28)18(12-4-2-1-3-5-12)26-27(20)19(24-17)13-6-7-14(10-13)22(29)30/h1-5,8-9,11,13-14H,6-7,10H2,(H,29,30). The van der Waals surface area contributed by atoms with E-state index in [1.807, 2.05) is 18.2 Å². The van der Waals surface area contributed by atoms with E-state index >= 15 is 0 Å². The lowest BCUT2D eigenvalue weighted by atomic mass is 10.0. The van der Waals surface area contributed by atoms with Crippen LogP contribution in [0.4, 0.5) is 0 Å². The van der Waals surface area contributed by atoms with Gasteiger partial charge in [0.25, 0.3) is 5.56 Å². The predicted molar refractivity (Wildman–Crippen MR) is 113 cm³/mol. The third-order valence-electron chi connectivity index (χ3n) is 5.66. The number of nitrogens with zero attached hydrogens (tertiary/aromatic N) is 4. The van der Waals surface area contributed by atoms with Crippen LogP contribution in [0.1, 0.15) is 31.0 Å². The summed E-state index contributed by atoms with van der Waals surface area (Å²) in [6.45, 7) is 0. The number of rotatable bonds is 3. The molecule has 0 aliphatic heterocycles. The third kappa shape index (κ3) is 3.11. The summed E-state index contributed by atoms with van der Waals surface area (Å²) in [4.78, 5) is 33.4. The van der Waals surface area contributed by atoms with Gasteiger partial charge in [0.2, 0.25) is 0 Å². The molecule has 0 amide bonds. The van der Waals surface area contributed by atoms with E-state index in [0.29, 0.717) is 52.2 Å². The molecule has 30 heavy (non-hydrogen) atoms. The quantitative estimate of drug-likeness (QED) is 0.504. The fourth-order valence-corrected chi connectivity index (χ4v) is 4.33. The maximum absolute atomic E-state index is 12.8. The third-order valence-corrected chi connectivity index (χ3v) is 5.89. The Morgan fingerprint density at radius 3 is 2.63 bits per heavy atom. The second-order valence-electron chi connectivity index (χ2n) is 7.54. The van der Waals surface area contributed by atoms with Gasteiger partial charge in [-0.05, 0) is 37.5 Å². The zero-order chi connectivity index (χ0) is 20.8. The average Bonchev–Trinajstić information content (AvgIpc) is 3.24. The molecule has 150 valence electrons. The number of carboxylic acids is 1. The second kappa shape index (κ2) is 7.18. The van der Waals surface area contributed by atoms with Crippen LogP contribution in [0.25, 0.3) is 27.8 Å². The largest absolute Gasteiger partial charge is 0.481 e. The zero-order valence-electron chi connectivity index (χ0n) is 15.8. The predicted octanol–water partition coefficient (Wildman–Crippen LogP) is 3.93. The molecule has 2 aromatic carbocycles. The van der Waals surface area contributed by atoms with Crippen molar-refractivity contribution in [1.82, 2.24) is 19.6 Å². The fraction of sp³-hybridized carbons (Fsp3) is 0.227. The molecule has 0 spiro atoms. The molecule has 2 heterocycles. The summed E-state index contributed by atoms with van der Waals surface area (Å²) in [6, 6.07) is 14.4. The smallest absolute Gasteiger partial charge is 0.306 e. The molecule has 4 aromatic rings. The van der Waals surface area contributed by atoms with Crippen LogP contribution in [0.15, 0.2) is 53.3 Å². The number of carbonyl (C=O) groups is 1. The van der Waals surface area contributed by atoms with Crippen LogP contribution in [0.2, 0.25) is 5.02 Å². The molecule has 0 saturated heterocycles. The molecule has 5 rings (SSSR count). The number of benzene rings is 2. The highest BCUT2D eigenvalue weighted by molar-refractivity contribution is 6.31. The first-order chi connectivity index (χ1) is 14.5. The van der Waals surface area contributed by atoms with Gasteiger partial charge in [-0.1, -0.05) is 41.9 Å². The minimum absolute atomic E-state index is 0.0888. The van der Waals surface area contributed by atoms with E-state index in [1.165, 1.54) is 0 Å². The topological polar surface area (TPSA) is 97.5 Å². The number of halogens is 1. The molecule has 1 aliphatic carbocycles. The van der Waals surface area contributed by atoms with Crippen molar-refractivity contribution in [1.29, 1.82) is 0 Å². The first kappa shape index (κ1) is 18.7. The molecular weight excluding hydrogens is 404 g/mol. The molecule has 0 radical (unpaired) electrons. The van der Waals surface area contributed by atoms with Gasteiger partial charge in [-0.15, -0.1) is 0 Å². The van der Waals surface area contributed by atoms with Crippen molar-refractivity contribution >= 4 is 34.1 Å². The van der Waals surface area contributed by atoms with Gasteiger partial charge in [-0.2, -0.15) is 14.6 Å². The van der Waals surface area contributed by atoms with Crippen molar-refractivity contribution in [2.45, 2.75) is 25.2 Å². The summed E-state index contributed by atoms with van der Waals surface area (Å²) in [6.07, 6.45) is 1.75. The van der Waals surface area contributed by atoms with E-state index in [0.717, 1.165) is 0 Å². The SMILES string of the molecule is O=C(O)C1CCC(c2nc3ccc(Cl)cc3c3nc(=O)c(-c4ccccc4)nn23)C1. The lowest BCUT2D eigenvalue weighted by Crippen LogP contribution is -2.20. The van der Waals surface area contributed by atoms with Gasteiger partial charge in [-0.25, -0.2) is 4.98 Å². The molecule has 1 saturated carbocycles. The Labute approximate surface area is 176 Å². The Morgan fingerprint density at radius 2 is 1.90 bits per heavy atom. The minimum atomic E-state index is -0.794. The Bertz CT molecular complexity index is 1350. The normalized spacial score (nSPS) is 18.8. The fourth-order valence-electron chi connectivity index (χ4n) is 4.16. The van der Waals surface area contributed by atoms with Crippen LogP contribution in [-0.4, -0.2) is 30.7 Å². The van der Waals surface area contributed by atoms with E-state index < -0.39 is 17.4 Å². The summed E-state index contributed by atoms with van der Waals surface area (Å²) < 4.78 is 1.59. The van der Waals surface area contributed by atoms with Gasteiger partial charge in [0.05, 0.1) is 11.4 Å². The number of hydrogen-bond acceptors (Lipinski definition) is 5.